The average molecular weight is 279 g/mol. The van der Waals surface area contributed by atoms with E-state index in [0.717, 1.165) is 29.9 Å². The van der Waals surface area contributed by atoms with Crippen LogP contribution in [0.3, 0.4) is 0 Å². The Kier molecular flexibility index (Phi) is 3.42. The molecule has 4 unspecified atom stereocenters. The lowest BCUT2D eigenvalue weighted by Crippen LogP contribution is -2.22. The lowest BCUT2D eigenvalue weighted by atomic mass is 9.82. The number of rotatable bonds is 3. The fourth-order valence-electron chi connectivity index (χ4n) is 4.06. The maximum absolute atomic E-state index is 6.48. The first-order chi connectivity index (χ1) is 8.95. The van der Waals surface area contributed by atoms with E-state index in [1.165, 1.54) is 42.1 Å². The first-order valence-corrected chi connectivity index (χ1v) is 8.31. The number of nitrogens with two attached hydrogens (primary N) is 1. The van der Waals surface area contributed by atoms with Crippen LogP contribution in [0.25, 0.3) is 0 Å². The van der Waals surface area contributed by atoms with Crippen molar-refractivity contribution in [2.75, 3.05) is 0 Å². The molecule has 0 radical (unpaired) electrons. The van der Waals surface area contributed by atoms with Crippen LogP contribution < -0.4 is 5.73 Å². The Morgan fingerprint density at radius 1 is 1.32 bits per heavy atom. The Labute approximate surface area is 120 Å². The zero-order valence-corrected chi connectivity index (χ0v) is 13.0. The second-order valence-corrected chi connectivity index (χ2v) is 8.30. The highest BCUT2D eigenvalue weighted by molar-refractivity contribution is 7.05. The van der Waals surface area contributed by atoms with Gasteiger partial charge in [0.2, 0.25) is 0 Å². The molecule has 2 bridgehead atoms. The molecule has 2 N–H and O–H groups in total. The molecule has 2 fully saturated rings. The highest BCUT2D eigenvalue weighted by Gasteiger charge is 2.40. The summed E-state index contributed by atoms with van der Waals surface area (Å²) < 4.78 is 4.14. The number of nitrogens with zero attached hydrogens (tertiary/aromatic N) is 2. The van der Waals surface area contributed by atoms with Crippen LogP contribution in [0.5, 0.6) is 0 Å². The summed E-state index contributed by atoms with van der Waals surface area (Å²) in [5, 5.41) is 4.32. The Morgan fingerprint density at radius 3 is 2.68 bits per heavy atom. The molecule has 0 saturated heterocycles. The average Bonchev–Trinajstić information content (AvgIpc) is 3.03. The maximum Gasteiger partial charge on any atom is 0.0856 e. The van der Waals surface area contributed by atoms with Crippen LogP contribution >= 0.6 is 11.5 Å². The van der Waals surface area contributed by atoms with Gasteiger partial charge in [-0.15, -0.1) is 5.10 Å². The normalized spacial score (nSPS) is 31.9. The maximum atomic E-state index is 6.48. The van der Waals surface area contributed by atoms with Crippen LogP contribution in [0.4, 0.5) is 0 Å². The van der Waals surface area contributed by atoms with Gasteiger partial charge in [0.05, 0.1) is 10.6 Å². The van der Waals surface area contributed by atoms with Gasteiger partial charge < -0.3 is 5.73 Å². The van der Waals surface area contributed by atoms with Crippen molar-refractivity contribution in [3.8, 4) is 0 Å². The van der Waals surface area contributed by atoms with Crippen molar-refractivity contribution in [2.45, 2.75) is 64.3 Å². The lowest BCUT2D eigenvalue weighted by molar-refractivity contribution is 0.296. The molecule has 19 heavy (non-hydrogen) atoms. The summed E-state index contributed by atoms with van der Waals surface area (Å²) >= 11 is 1.50. The van der Waals surface area contributed by atoms with E-state index in [1.54, 1.807) is 0 Å². The van der Waals surface area contributed by atoms with Gasteiger partial charge in [-0.05, 0) is 55.0 Å². The van der Waals surface area contributed by atoms with E-state index in [0.29, 0.717) is 0 Å². The van der Waals surface area contributed by atoms with E-state index < -0.39 is 0 Å². The van der Waals surface area contributed by atoms with Crippen LogP contribution in [-0.2, 0) is 5.41 Å². The highest BCUT2D eigenvalue weighted by atomic mass is 32.1. The topological polar surface area (TPSA) is 51.8 Å². The molecule has 3 rings (SSSR count). The Morgan fingerprint density at radius 2 is 2.11 bits per heavy atom. The largest absolute Gasteiger partial charge is 0.323 e. The van der Waals surface area contributed by atoms with E-state index in [9.17, 15) is 0 Å². The first-order valence-electron chi connectivity index (χ1n) is 7.53. The molecule has 106 valence electrons. The van der Waals surface area contributed by atoms with E-state index in [2.05, 4.69) is 30.4 Å². The van der Waals surface area contributed by atoms with Gasteiger partial charge >= 0.3 is 0 Å². The molecule has 0 aliphatic heterocycles. The van der Waals surface area contributed by atoms with Gasteiger partial charge in [0.15, 0.2) is 0 Å². The van der Waals surface area contributed by atoms with Crippen molar-refractivity contribution in [1.82, 2.24) is 9.59 Å². The third-order valence-corrected chi connectivity index (χ3v) is 5.86. The molecule has 2 saturated carbocycles. The third-order valence-electron chi connectivity index (χ3n) is 5.00. The fraction of sp³-hybridized carbons (Fsp3) is 0.867. The van der Waals surface area contributed by atoms with Gasteiger partial charge in [-0.2, -0.15) is 0 Å². The summed E-state index contributed by atoms with van der Waals surface area (Å²) in [4.78, 5) is 1.22. The molecule has 2 aliphatic carbocycles. The monoisotopic (exact) mass is 279 g/mol. The summed E-state index contributed by atoms with van der Waals surface area (Å²) in [6.07, 6.45) is 6.91. The second kappa shape index (κ2) is 4.81. The molecule has 0 amide bonds. The Hall–Kier alpha value is -0.480. The molecular formula is C15H25N3S. The van der Waals surface area contributed by atoms with Gasteiger partial charge in [0.1, 0.15) is 0 Å². The fourth-order valence-corrected chi connectivity index (χ4v) is 4.93. The van der Waals surface area contributed by atoms with Crippen LogP contribution in [0.1, 0.15) is 69.5 Å². The number of hydrogen-bond acceptors (Lipinski definition) is 4. The molecule has 0 spiro atoms. The van der Waals surface area contributed by atoms with Gasteiger partial charge in [0.25, 0.3) is 0 Å². The van der Waals surface area contributed by atoms with E-state index >= 15 is 0 Å². The van der Waals surface area contributed by atoms with Gasteiger partial charge in [0, 0.05) is 11.5 Å². The highest BCUT2D eigenvalue weighted by Crippen LogP contribution is 2.51. The SMILES string of the molecule is CC(C)(C)c1nnsc1C(N)CC1CC2CCC1C2. The standard InChI is InChI=1S/C15H25N3S/c1-15(2,3)14-13(19-18-17-14)12(16)8-11-7-9-4-5-10(11)6-9/h9-12H,4-8,16H2,1-3H3. The van der Waals surface area contributed by atoms with Crippen LogP contribution in [0, 0.1) is 17.8 Å². The molecule has 1 heterocycles. The lowest BCUT2D eigenvalue weighted by Gasteiger charge is -2.25. The number of fused-ring (bicyclic) bond motifs is 2. The molecular weight excluding hydrogens is 254 g/mol. The van der Waals surface area contributed by atoms with Crippen LogP contribution in [0.15, 0.2) is 0 Å². The van der Waals surface area contributed by atoms with Crippen molar-refractivity contribution in [1.29, 1.82) is 0 Å². The van der Waals surface area contributed by atoms with Crippen molar-refractivity contribution in [3.63, 3.8) is 0 Å². The summed E-state index contributed by atoms with van der Waals surface area (Å²) in [5.41, 5.74) is 7.63. The van der Waals surface area contributed by atoms with Crippen molar-refractivity contribution in [3.05, 3.63) is 10.6 Å². The quantitative estimate of drug-likeness (QED) is 0.918. The molecule has 1 aromatic heterocycles. The predicted molar refractivity (Wildman–Crippen MR) is 79.1 cm³/mol. The summed E-state index contributed by atoms with van der Waals surface area (Å²) in [6.45, 7) is 6.58. The zero-order chi connectivity index (χ0) is 13.6. The molecule has 3 nitrogen and oxygen atoms in total. The number of hydrogen-bond donors (Lipinski definition) is 1. The van der Waals surface area contributed by atoms with Crippen molar-refractivity contribution in [2.24, 2.45) is 23.5 Å². The molecule has 2 aliphatic rings. The smallest absolute Gasteiger partial charge is 0.0856 e. The summed E-state index contributed by atoms with van der Waals surface area (Å²) in [7, 11) is 0. The van der Waals surface area contributed by atoms with E-state index in [4.69, 9.17) is 5.73 Å². The van der Waals surface area contributed by atoms with Gasteiger partial charge in [-0.1, -0.05) is 31.7 Å². The molecule has 4 heteroatoms. The Bertz CT molecular complexity index is 448. The minimum absolute atomic E-state index is 0.0502. The number of aromatic nitrogens is 2. The first kappa shape index (κ1) is 13.5. The van der Waals surface area contributed by atoms with E-state index in [-0.39, 0.29) is 11.5 Å². The minimum Gasteiger partial charge on any atom is -0.323 e. The summed E-state index contributed by atoms with van der Waals surface area (Å²) in [6, 6.07) is 0.138. The second-order valence-electron chi connectivity index (χ2n) is 7.51. The van der Waals surface area contributed by atoms with Crippen LogP contribution in [-0.4, -0.2) is 9.59 Å². The molecule has 0 aromatic carbocycles. The molecule has 1 aromatic rings. The Balaban J connectivity index is 1.71. The molecule has 4 atom stereocenters. The van der Waals surface area contributed by atoms with Crippen molar-refractivity contribution < 1.29 is 0 Å². The van der Waals surface area contributed by atoms with Gasteiger partial charge in [-0.3, -0.25) is 0 Å². The summed E-state index contributed by atoms with van der Waals surface area (Å²) in [5.74, 6) is 2.81. The van der Waals surface area contributed by atoms with Gasteiger partial charge in [-0.25, -0.2) is 0 Å². The van der Waals surface area contributed by atoms with Crippen molar-refractivity contribution >= 4 is 11.5 Å². The third kappa shape index (κ3) is 2.57. The predicted octanol–water partition coefficient (Wildman–Crippen LogP) is 3.66. The van der Waals surface area contributed by atoms with Crippen LogP contribution in [0.2, 0.25) is 0 Å². The van der Waals surface area contributed by atoms with E-state index in [1.807, 2.05) is 0 Å². The minimum atomic E-state index is 0.0502. The zero-order valence-electron chi connectivity index (χ0n) is 12.2.